The molecule has 0 aliphatic carbocycles. The van der Waals surface area contributed by atoms with Gasteiger partial charge >= 0.3 is 0 Å². The van der Waals surface area contributed by atoms with Crippen LogP contribution < -0.4 is 10.1 Å². The molecule has 1 amide bonds. The summed E-state index contributed by atoms with van der Waals surface area (Å²) in [5, 5.41) is 13.8. The fraction of sp³-hybridized carbons (Fsp3) is 0.333. The lowest BCUT2D eigenvalue weighted by atomic mass is 9.98. The number of piperidine rings is 1. The third-order valence-electron chi connectivity index (χ3n) is 5.52. The molecule has 0 bridgehead atoms. The zero-order valence-corrected chi connectivity index (χ0v) is 18.9. The molecule has 33 heavy (non-hydrogen) atoms. The first-order valence-corrected chi connectivity index (χ1v) is 11.7. The Bertz CT molecular complexity index is 1260. The van der Waals surface area contributed by atoms with E-state index in [1.54, 1.807) is 19.1 Å². The van der Waals surface area contributed by atoms with Gasteiger partial charge in [0.15, 0.2) is 5.82 Å². The molecule has 0 spiro atoms. The monoisotopic (exact) mass is 474 g/mol. The Morgan fingerprint density at radius 2 is 1.97 bits per heavy atom. The zero-order valence-electron chi connectivity index (χ0n) is 18.1. The second-order valence-electron chi connectivity index (χ2n) is 7.67. The molecule has 1 saturated heterocycles. The number of aromatic nitrogens is 4. The lowest BCUT2D eigenvalue weighted by Crippen LogP contribution is -2.43. The Morgan fingerprint density at radius 3 is 2.64 bits per heavy atom. The quantitative estimate of drug-likeness (QED) is 0.581. The molecule has 4 rings (SSSR count). The van der Waals surface area contributed by atoms with Gasteiger partial charge < -0.3 is 10.1 Å². The fourth-order valence-electron chi connectivity index (χ4n) is 3.72. The highest BCUT2D eigenvalue weighted by molar-refractivity contribution is 7.89. The number of rotatable bonds is 6. The molecule has 2 heterocycles. The van der Waals surface area contributed by atoms with E-state index in [9.17, 15) is 17.6 Å². The second kappa shape index (κ2) is 9.24. The third kappa shape index (κ3) is 4.71. The van der Waals surface area contributed by atoms with Crippen molar-refractivity contribution in [2.75, 3.05) is 25.5 Å². The van der Waals surface area contributed by atoms with Crippen molar-refractivity contribution in [1.29, 1.82) is 0 Å². The number of nitrogens with one attached hydrogen (secondary N) is 1. The van der Waals surface area contributed by atoms with E-state index in [4.69, 9.17) is 4.74 Å². The Labute approximate surface area is 190 Å². The number of methoxy groups -OCH3 is 1. The van der Waals surface area contributed by atoms with Gasteiger partial charge in [0, 0.05) is 18.8 Å². The molecule has 1 aliphatic heterocycles. The minimum Gasteiger partial charge on any atom is -0.497 e. The molecule has 174 valence electrons. The van der Waals surface area contributed by atoms with E-state index in [-0.39, 0.29) is 23.0 Å². The van der Waals surface area contributed by atoms with Gasteiger partial charge in [-0.25, -0.2) is 12.8 Å². The summed E-state index contributed by atoms with van der Waals surface area (Å²) in [5.74, 6) is -0.479. The average Bonchev–Trinajstić information content (AvgIpc) is 3.26. The average molecular weight is 475 g/mol. The van der Waals surface area contributed by atoms with Crippen molar-refractivity contribution < 1.29 is 22.3 Å². The van der Waals surface area contributed by atoms with Crippen molar-refractivity contribution in [3.63, 3.8) is 0 Å². The first-order chi connectivity index (χ1) is 15.8. The van der Waals surface area contributed by atoms with Gasteiger partial charge in [-0.3, -0.25) is 4.79 Å². The Hall–Kier alpha value is -3.38. The molecule has 1 aliphatic rings. The molecule has 10 nitrogen and oxygen atoms in total. The summed E-state index contributed by atoms with van der Waals surface area (Å²) in [4.78, 5) is 13.1. The second-order valence-corrected chi connectivity index (χ2v) is 9.61. The summed E-state index contributed by atoms with van der Waals surface area (Å²) in [6.45, 7) is 2.02. The van der Waals surface area contributed by atoms with Crippen molar-refractivity contribution in [2.24, 2.45) is 5.92 Å². The maximum absolute atomic E-state index is 14.3. The number of amides is 1. The van der Waals surface area contributed by atoms with Crippen LogP contribution in [0.2, 0.25) is 0 Å². The molecule has 0 saturated carbocycles. The number of tetrazole rings is 1. The van der Waals surface area contributed by atoms with Crippen LogP contribution in [-0.2, 0) is 14.8 Å². The summed E-state index contributed by atoms with van der Waals surface area (Å²) in [5.41, 5.74) is 0.462. The van der Waals surface area contributed by atoms with Crippen LogP contribution in [0.3, 0.4) is 0 Å². The Balaban J connectivity index is 1.48. The minimum atomic E-state index is -3.75. The molecule has 12 heteroatoms. The fourth-order valence-corrected chi connectivity index (χ4v) is 5.25. The number of anilines is 1. The number of aryl methyl sites for hydroxylation is 1. The summed E-state index contributed by atoms with van der Waals surface area (Å²) < 4.78 is 48.0. The third-order valence-corrected chi connectivity index (χ3v) is 7.40. The van der Waals surface area contributed by atoms with Crippen LogP contribution in [0.5, 0.6) is 5.75 Å². The van der Waals surface area contributed by atoms with Crippen LogP contribution in [-0.4, -0.2) is 59.0 Å². The first kappa shape index (κ1) is 22.8. The molecule has 2 aromatic carbocycles. The zero-order chi connectivity index (χ0) is 23.6. The van der Waals surface area contributed by atoms with Crippen molar-refractivity contribution in [3.8, 4) is 11.4 Å². The van der Waals surface area contributed by atoms with Gasteiger partial charge in [0.05, 0.1) is 17.9 Å². The number of halogens is 1. The molecular formula is C21H23FN6O4S. The van der Waals surface area contributed by atoms with Crippen molar-refractivity contribution in [2.45, 2.75) is 24.7 Å². The molecule has 1 unspecified atom stereocenters. The Kier molecular flexibility index (Phi) is 6.38. The molecule has 0 radical (unpaired) electrons. The summed E-state index contributed by atoms with van der Waals surface area (Å²) >= 11 is 0. The number of carbonyl (C=O) groups excluding carboxylic acids is 1. The number of carbonyl (C=O) groups is 1. The number of nitrogens with zero attached hydrogens (tertiary/aromatic N) is 5. The van der Waals surface area contributed by atoms with E-state index < -0.39 is 21.8 Å². The van der Waals surface area contributed by atoms with E-state index in [2.05, 4.69) is 20.8 Å². The molecule has 1 atom stereocenters. The van der Waals surface area contributed by atoms with Gasteiger partial charge in [-0.1, -0.05) is 0 Å². The number of sulfonamides is 1. The summed E-state index contributed by atoms with van der Waals surface area (Å²) in [6.07, 6.45) is 1.09. The molecule has 1 aromatic heterocycles. The van der Waals surface area contributed by atoms with Crippen molar-refractivity contribution >= 4 is 21.6 Å². The van der Waals surface area contributed by atoms with Gasteiger partial charge in [0.25, 0.3) is 0 Å². The van der Waals surface area contributed by atoms with Crippen LogP contribution in [0.4, 0.5) is 10.1 Å². The highest BCUT2D eigenvalue weighted by atomic mass is 32.2. The minimum absolute atomic E-state index is 0.0559. The maximum Gasteiger partial charge on any atom is 0.243 e. The van der Waals surface area contributed by atoms with E-state index in [0.29, 0.717) is 36.6 Å². The van der Waals surface area contributed by atoms with Crippen LogP contribution in [0.25, 0.3) is 5.69 Å². The predicted octanol–water partition coefficient (Wildman–Crippen LogP) is 2.16. The molecule has 3 aromatic rings. The highest BCUT2D eigenvalue weighted by Gasteiger charge is 2.33. The van der Waals surface area contributed by atoms with E-state index in [0.717, 1.165) is 0 Å². The summed E-state index contributed by atoms with van der Waals surface area (Å²) in [6, 6.07) is 10.2. The normalized spacial score (nSPS) is 17.0. The molecule has 1 fully saturated rings. The van der Waals surface area contributed by atoms with Gasteiger partial charge in [-0.2, -0.15) is 8.99 Å². The van der Waals surface area contributed by atoms with Crippen LogP contribution in [0, 0.1) is 18.7 Å². The SMILES string of the molecule is COc1ccc(S(=O)(=O)N2CCCC(C(=O)Nc3ccc(F)c(-n4nnnc4C)c3)C2)cc1. The van der Waals surface area contributed by atoms with Gasteiger partial charge in [-0.05, 0) is 72.7 Å². The number of hydrogen-bond acceptors (Lipinski definition) is 7. The molecular weight excluding hydrogens is 451 g/mol. The van der Waals surface area contributed by atoms with E-state index in [1.165, 1.54) is 46.4 Å². The van der Waals surface area contributed by atoms with Crippen LogP contribution >= 0.6 is 0 Å². The number of hydrogen-bond donors (Lipinski definition) is 1. The highest BCUT2D eigenvalue weighted by Crippen LogP contribution is 2.26. The smallest absolute Gasteiger partial charge is 0.243 e. The number of ether oxygens (including phenoxy) is 1. The lowest BCUT2D eigenvalue weighted by molar-refractivity contribution is -0.120. The Morgan fingerprint density at radius 1 is 1.21 bits per heavy atom. The van der Waals surface area contributed by atoms with Gasteiger partial charge in [-0.15, -0.1) is 5.10 Å². The standard InChI is InChI=1S/C21H23FN6O4S/c1-14-24-25-26-28(14)20-12-16(5-10-19(20)22)23-21(29)15-4-3-11-27(13-15)33(30,31)18-8-6-17(32-2)7-9-18/h5-10,12,15H,3-4,11,13H2,1-2H3,(H,23,29). The van der Waals surface area contributed by atoms with E-state index >= 15 is 0 Å². The first-order valence-electron chi connectivity index (χ1n) is 10.3. The largest absolute Gasteiger partial charge is 0.497 e. The summed E-state index contributed by atoms with van der Waals surface area (Å²) in [7, 11) is -2.24. The topological polar surface area (TPSA) is 119 Å². The lowest BCUT2D eigenvalue weighted by Gasteiger charge is -2.31. The van der Waals surface area contributed by atoms with Crippen LogP contribution in [0.1, 0.15) is 18.7 Å². The van der Waals surface area contributed by atoms with Crippen molar-refractivity contribution in [1.82, 2.24) is 24.5 Å². The maximum atomic E-state index is 14.3. The van der Waals surface area contributed by atoms with Gasteiger partial charge in [0.1, 0.15) is 17.3 Å². The van der Waals surface area contributed by atoms with Crippen LogP contribution in [0.15, 0.2) is 47.4 Å². The van der Waals surface area contributed by atoms with Crippen molar-refractivity contribution in [3.05, 3.63) is 54.1 Å². The van der Waals surface area contributed by atoms with Gasteiger partial charge in [0.2, 0.25) is 15.9 Å². The van der Waals surface area contributed by atoms with E-state index in [1.807, 2.05) is 0 Å². The number of benzene rings is 2. The predicted molar refractivity (Wildman–Crippen MR) is 117 cm³/mol. The molecule has 1 N–H and O–H groups in total.